The van der Waals surface area contributed by atoms with Crippen LogP contribution in [0.3, 0.4) is 0 Å². The predicted molar refractivity (Wildman–Crippen MR) is 86.0 cm³/mol. The molecule has 2 aromatic rings. The molecule has 3 rings (SSSR count). The lowest BCUT2D eigenvalue weighted by Gasteiger charge is -2.18. The summed E-state index contributed by atoms with van der Waals surface area (Å²) in [6, 6.07) is 3.66. The Morgan fingerprint density at radius 1 is 1.50 bits per heavy atom. The molecule has 1 saturated carbocycles. The van der Waals surface area contributed by atoms with Gasteiger partial charge in [-0.05, 0) is 24.3 Å². The van der Waals surface area contributed by atoms with Crippen LogP contribution in [0.5, 0.6) is 0 Å². The van der Waals surface area contributed by atoms with Crippen molar-refractivity contribution in [2.24, 2.45) is 5.73 Å². The molecule has 0 saturated heterocycles. The number of aromatic nitrogens is 2. The summed E-state index contributed by atoms with van der Waals surface area (Å²) in [5.41, 5.74) is 5.84. The lowest BCUT2D eigenvalue weighted by atomic mass is 9.99. The van der Waals surface area contributed by atoms with Crippen molar-refractivity contribution in [2.45, 2.75) is 37.8 Å². The van der Waals surface area contributed by atoms with Crippen LogP contribution in [0.1, 0.15) is 47.1 Å². The Hall–Kier alpha value is -1.44. The summed E-state index contributed by atoms with van der Waals surface area (Å²) in [5.74, 6) is 0.939. The number of hydrogen-bond acceptors (Lipinski definition) is 6. The van der Waals surface area contributed by atoms with Crippen molar-refractivity contribution in [3.63, 3.8) is 0 Å². The number of carbonyl (C=O) groups is 1. The first-order chi connectivity index (χ1) is 10.1. The first-order valence-corrected chi connectivity index (χ1v) is 7.87. The van der Waals surface area contributed by atoms with Crippen molar-refractivity contribution < 1.29 is 9.32 Å². The molecule has 0 spiro atoms. The van der Waals surface area contributed by atoms with E-state index in [2.05, 4.69) is 10.1 Å². The van der Waals surface area contributed by atoms with Crippen LogP contribution in [-0.4, -0.2) is 28.0 Å². The highest BCUT2D eigenvalue weighted by Gasteiger charge is 2.36. The zero-order valence-corrected chi connectivity index (χ0v) is 14.0. The van der Waals surface area contributed by atoms with Crippen LogP contribution in [0.2, 0.25) is 0 Å². The van der Waals surface area contributed by atoms with Crippen molar-refractivity contribution in [3.05, 3.63) is 34.1 Å². The second kappa shape index (κ2) is 6.76. The first kappa shape index (κ1) is 16.9. The SMILES string of the molecule is CN(Cc1nc(C2(N)CCCC2)no1)C(=O)c1cccs1.Cl. The number of halogens is 1. The number of amides is 1. The molecule has 0 radical (unpaired) electrons. The molecule has 6 nitrogen and oxygen atoms in total. The largest absolute Gasteiger partial charge is 0.337 e. The van der Waals surface area contributed by atoms with Crippen LogP contribution in [-0.2, 0) is 12.1 Å². The molecule has 0 aliphatic heterocycles. The van der Waals surface area contributed by atoms with E-state index >= 15 is 0 Å². The number of carbonyl (C=O) groups excluding carboxylic acids is 1. The monoisotopic (exact) mass is 342 g/mol. The fourth-order valence-corrected chi connectivity index (χ4v) is 3.33. The molecule has 0 bridgehead atoms. The quantitative estimate of drug-likeness (QED) is 0.922. The Kier molecular flexibility index (Phi) is 5.20. The summed E-state index contributed by atoms with van der Waals surface area (Å²) in [4.78, 5) is 18.8. The van der Waals surface area contributed by atoms with E-state index in [-0.39, 0.29) is 18.3 Å². The summed E-state index contributed by atoms with van der Waals surface area (Å²) >= 11 is 1.42. The normalized spacial score (nSPS) is 16.3. The minimum absolute atomic E-state index is 0. The van der Waals surface area contributed by atoms with E-state index < -0.39 is 5.54 Å². The summed E-state index contributed by atoms with van der Waals surface area (Å²) in [5, 5.41) is 5.88. The van der Waals surface area contributed by atoms with Gasteiger partial charge in [0.1, 0.15) is 6.54 Å². The molecular formula is C14H19ClN4O2S. The third-order valence-electron chi connectivity index (χ3n) is 3.86. The topological polar surface area (TPSA) is 85.2 Å². The molecule has 0 aromatic carbocycles. The molecule has 2 heterocycles. The van der Waals surface area contributed by atoms with E-state index in [1.54, 1.807) is 18.0 Å². The van der Waals surface area contributed by atoms with Gasteiger partial charge in [-0.3, -0.25) is 4.79 Å². The molecule has 22 heavy (non-hydrogen) atoms. The highest BCUT2D eigenvalue weighted by atomic mass is 35.5. The van der Waals surface area contributed by atoms with Gasteiger partial charge in [-0.25, -0.2) is 0 Å². The summed E-state index contributed by atoms with van der Waals surface area (Å²) < 4.78 is 5.25. The highest BCUT2D eigenvalue weighted by molar-refractivity contribution is 7.12. The van der Waals surface area contributed by atoms with Gasteiger partial charge in [0, 0.05) is 7.05 Å². The Balaban J connectivity index is 0.00000176. The minimum Gasteiger partial charge on any atom is -0.337 e. The van der Waals surface area contributed by atoms with Gasteiger partial charge in [0.05, 0.1) is 10.4 Å². The fraction of sp³-hybridized carbons (Fsp3) is 0.500. The lowest BCUT2D eigenvalue weighted by molar-refractivity contribution is 0.0774. The van der Waals surface area contributed by atoms with Gasteiger partial charge < -0.3 is 15.2 Å². The Morgan fingerprint density at radius 3 is 2.86 bits per heavy atom. The van der Waals surface area contributed by atoms with Crippen LogP contribution in [0, 0.1) is 0 Å². The van der Waals surface area contributed by atoms with Crippen LogP contribution < -0.4 is 5.73 Å². The second-order valence-corrected chi connectivity index (χ2v) is 6.46. The molecular weight excluding hydrogens is 324 g/mol. The lowest BCUT2D eigenvalue weighted by Crippen LogP contribution is -2.34. The van der Waals surface area contributed by atoms with Crippen LogP contribution in [0.4, 0.5) is 0 Å². The smallest absolute Gasteiger partial charge is 0.264 e. The second-order valence-electron chi connectivity index (χ2n) is 5.51. The maximum absolute atomic E-state index is 12.2. The molecule has 0 unspecified atom stereocenters. The van der Waals surface area contributed by atoms with Crippen LogP contribution in [0.25, 0.3) is 0 Å². The van der Waals surface area contributed by atoms with Crippen molar-refractivity contribution >= 4 is 29.7 Å². The molecule has 1 aliphatic carbocycles. The molecule has 1 amide bonds. The van der Waals surface area contributed by atoms with Crippen molar-refractivity contribution in [3.8, 4) is 0 Å². The van der Waals surface area contributed by atoms with Crippen LogP contribution in [0.15, 0.2) is 22.0 Å². The average molecular weight is 343 g/mol. The molecule has 120 valence electrons. The van der Waals surface area contributed by atoms with Gasteiger partial charge in [0.2, 0.25) is 5.89 Å². The summed E-state index contributed by atoms with van der Waals surface area (Å²) in [6.07, 6.45) is 3.96. The molecule has 1 fully saturated rings. The standard InChI is InChI=1S/C14H18N4O2S.ClH/c1-18(12(19)10-5-4-8-21-10)9-11-16-13(17-20-11)14(15)6-2-3-7-14;/h4-5,8H,2-3,6-7,9,15H2,1H3;1H. The van der Waals surface area contributed by atoms with Crippen LogP contribution >= 0.6 is 23.7 Å². The Morgan fingerprint density at radius 2 is 2.23 bits per heavy atom. The van der Waals surface area contributed by atoms with E-state index in [0.29, 0.717) is 23.1 Å². The molecule has 8 heteroatoms. The molecule has 0 atom stereocenters. The molecule has 1 aliphatic rings. The molecule has 2 aromatic heterocycles. The zero-order valence-electron chi connectivity index (χ0n) is 12.3. The third-order valence-corrected chi connectivity index (χ3v) is 4.72. The number of nitrogens with two attached hydrogens (primary N) is 1. The van der Waals surface area contributed by atoms with Gasteiger partial charge in [0.25, 0.3) is 5.91 Å². The van der Waals surface area contributed by atoms with Crippen molar-refractivity contribution in [2.75, 3.05) is 7.05 Å². The van der Waals surface area contributed by atoms with E-state index in [0.717, 1.165) is 25.7 Å². The Labute approximate surface area is 139 Å². The summed E-state index contributed by atoms with van der Waals surface area (Å²) in [6.45, 7) is 0.291. The Bertz CT molecular complexity index is 623. The van der Waals surface area contributed by atoms with Crippen molar-refractivity contribution in [1.82, 2.24) is 15.0 Å². The average Bonchev–Trinajstić information content (AvgIpc) is 3.18. The van der Waals surface area contributed by atoms with Crippen molar-refractivity contribution in [1.29, 1.82) is 0 Å². The maximum Gasteiger partial charge on any atom is 0.264 e. The highest BCUT2D eigenvalue weighted by Crippen LogP contribution is 2.34. The first-order valence-electron chi connectivity index (χ1n) is 6.99. The van der Waals surface area contributed by atoms with Gasteiger partial charge in [-0.1, -0.05) is 24.1 Å². The van der Waals surface area contributed by atoms with Gasteiger partial charge in [-0.2, -0.15) is 4.98 Å². The predicted octanol–water partition coefficient (Wildman–Crippen LogP) is 2.55. The fourth-order valence-electron chi connectivity index (χ4n) is 2.61. The third kappa shape index (κ3) is 3.31. The van der Waals surface area contributed by atoms with E-state index in [9.17, 15) is 4.79 Å². The van der Waals surface area contributed by atoms with Gasteiger partial charge in [-0.15, -0.1) is 23.7 Å². The molecule has 2 N–H and O–H groups in total. The number of thiophene rings is 1. The minimum atomic E-state index is -0.460. The zero-order chi connectivity index (χ0) is 14.9. The van der Waals surface area contributed by atoms with E-state index in [4.69, 9.17) is 10.3 Å². The maximum atomic E-state index is 12.2. The van der Waals surface area contributed by atoms with E-state index in [1.165, 1.54) is 11.3 Å². The number of hydrogen-bond donors (Lipinski definition) is 1. The van der Waals surface area contributed by atoms with Gasteiger partial charge in [0.15, 0.2) is 5.82 Å². The summed E-state index contributed by atoms with van der Waals surface area (Å²) in [7, 11) is 1.72. The number of rotatable bonds is 4. The number of nitrogens with zero attached hydrogens (tertiary/aromatic N) is 3. The van der Waals surface area contributed by atoms with Gasteiger partial charge >= 0.3 is 0 Å². The van der Waals surface area contributed by atoms with E-state index in [1.807, 2.05) is 11.4 Å².